The van der Waals surface area contributed by atoms with Crippen LogP contribution in [0, 0.1) is 0 Å². The summed E-state index contributed by atoms with van der Waals surface area (Å²) in [7, 11) is 0. The molecule has 0 unspecified atom stereocenters. The Hall–Kier alpha value is -6.40. The number of unbranched alkanes of at least 4 members (excludes halogenated alkanes) is 10. The molecule has 6 nitrogen and oxygen atoms in total. The van der Waals surface area contributed by atoms with Gasteiger partial charge in [0.15, 0.2) is 10.9 Å². The molecule has 0 atom stereocenters. The summed E-state index contributed by atoms with van der Waals surface area (Å²) < 4.78 is 17.3. The second-order valence-corrected chi connectivity index (χ2v) is 16.9. The number of pyridine rings is 2. The molecule has 0 saturated heterocycles. The number of aromatic nitrogens is 2. The largest absolute Gasteiger partial charge is 0.456 e. The normalized spacial score (nSPS) is 11.8. The molecule has 0 radical (unpaired) electrons. The number of fused-ring (bicyclic) bond motifs is 4. The third-order valence-corrected chi connectivity index (χ3v) is 12.6. The predicted octanol–water partition coefficient (Wildman–Crippen LogP) is 15.2. The minimum Gasteiger partial charge on any atom is -0.456 e. The van der Waals surface area contributed by atoms with Gasteiger partial charge in [0.25, 0.3) is 0 Å². The smallest absolute Gasteiger partial charge is 0.197 e. The lowest BCUT2D eigenvalue weighted by molar-refractivity contribution is 0.569. The summed E-state index contributed by atoms with van der Waals surface area (Å²) in [5, 5.41) is 2.57. The maximum absolute atomic E-state index is 14.9. The van der Waals surface area contributed by atoms with Gasteiger partial charge in [0.1, 0.15) is 23.0 Å². The molecule has 6 heteroatoms. The minimum absolute atomic E-state index is 0.0335. The first-order chi connectivity index (χ1) is 30.5. The Morgan fingerprint density at radius 1 is 0.355 bits per heavy atom. The third kappa shape index (κ3) is 8.31. The molecule has 0 fully saturated rings. The van der Waals surface area contributed by atoms with Crippen molar-refractivity contribution in [3.8, 4) is 45.3 Å². The number of nitrogens with zero attached hydrogens (tertiary/aromatic N) is 2. The van der Waals surface area contributed by atoms with Crippen molar-refractivity contribution < 1.29 is 8.83 Å². The van der Waals surface area contributed by atoms with E-state index in [0.717, 1.165) is 106 Å². The number of rotatable bonds is 18. The second-order valence-electron chi connectivity index (χ2n) is 16.9. The van der Waals surface area contributed by atoms with Gasteiger partial charge in [0.2, 0.25) is 0 Å². The van der Waals surface area contributed by atoms with Gasteiger partial charge in [0.05, 0.1) is 22.1 Å². The van der Waals surface area contributed by atoms with Gasteiger partial charge in [-0.15, -0.1) is 0 Å². The van der Waals surface area contributed by atoms with Gasteiger partial charge in [-0.1, -0.05) is 139 Å². The van der Waals surface area contributed by atoms with Crippen molar-refractivity contribution in [2.45, 2.75) is 104 Å². The third-order valence-electron chi connectivity index (χ3n) is 12.6. The minimum atomic E-state index is -0.0335. The Kier molecular flexibility index (Phi) is 12.4. The monoisotopic (exact) mass is 820 g/mol. The first kappa shape index (κ1) is 41.0. The average molecular weight is 821 g/mol. The molecule has 5 aromatic carbocycles. The van der Waals surface area contributed by atoms with Gasteiger partial charge < -0.3 is 18.0 Å². The van der Waals surface area contributed by atoms with Gasteiger partial charge >= 0.3 is 0 Å². The number of hydrogen-bond donors (Lipinski definition) is 0. The molecule has 0 N–H and O–H groups in total. The Labute approximate surface area is 363 Å². The highest BCUT2D eigenvalue weighted by Crippen LogP contribution is 2.34. The van der Waals surface area contributed by atoms with Gasteiger partial charge in [-0.05, 0) is 85.6 Å². The van der Waals surface area contributed by atoms with Crippen LogP contribution < -0.4 is 10.9 Å². The second kappa shape index (κ2) is 18.7. The topological polar surface area (TPSA) is 70.3 Å². The van der Waals surface area contributed by atoms with Gasteiger partial charge in [-0.2, -0.15) is 0 Å². The molecule has 0 saturated carbocycles. The fourth-order valence-electron chi connectivity index (χ4n) is 9.23. The summed E-state index contributed by atoms with van der Waals surface area (Å²) in [5.74, 6) is 3.01. The van der Waals surface area contributed by atoms with Crippen LogP contribution >= 0.6 is 0 Å². The van der Waals surface area contributed by atoms with Crippen LogP contribution in [0.15, 0.2) is 152 Å². The van der Waals surface area contributed by atoms with Crippen molar-refractivity contribution >= 4 is 43.6 Å². The van der Waals surface area contributed by atoms with E-state index in [0.29, 0.717) is 21.5 Å². The number of hydrogen-bond acceptors (Lipinski definition) is 4. The predicted molar refractivity (Wildman–Crippen MR) is 258 cm³/mol. The average Bonchev–Trinajstić information content (AvgIpc) is 4.03. The molecule has 4 heterocycles. The molecule has 314 valence electrons. The van der Waals surface area contributed by atoms with Crippen LogP contribution in [0.4, 0.5) is 0 Å². The molecule has 0 bridgehead atoms. The maximum Gasteiger partial charge on any atom is 0.197 e. The summed E-state index contributed by atoms with van der Waals surface area (Å²) in [6, 6.07) is 44.4. The Balaban J connectivity index is 1.20. The van der Waals surface area contributed by atoms with Crippen LogP contribution in [0.25, 0.3) is 88.9 Å². The van der Waals surface area contributed by atoms with Crippen molar-refractivity contribution in [2.75, 3.05) is 0 Å². The lowest BCUT2D eigenvalue weighted by Gasteiger charge is -2.19. The highest BCUT2D eigenvalue weighted by molar-refractivity contribution is 6.04. The van der Waals surface area contributed by atoms with E-state index in [2.05, 4.69) is 47.2 Å². The molecule has 4 aromatic heterocycles. The molecule has 62 heavy (non-hydrogen) atoms. The van der Waals surface area contributed by atoms with Crippen LogP contribution in [0.5, 0.6) is 0 Å². The summed E-state index contributed by atoms with van der Waals surface area (Å²) in [6.07, 6.45) is 13.9. The van der Waals surface area contributed by atoms with Crippen molar-refractivity contribution in [1.29, 1.82) is 0 Å². The van der Waals surface area contributed by atoms with E-state index < -0.39 is 0 Å². The maximum atomic E-state index is 14.9. The molecule has 0 spiro atoms. The highest BCUT2D eigenvalue weighted by atomic mass is 16.3. The first-order valence-electron chi connectivity index (χ1n) is 22.9. The summed E-state index contributed by atoms with van der Waals surface area (Å²) in [5.41, 5.74) is 7.02. The highest BCUT2D eigenvalue weighted by Gasteiger charge is 2.19. The summed E-state index contributed by atoms with van der Waals surface area (Å²) >= 11 is 0. The van der Waals surface area contributed by atoms with Gasteiger partial charge in [-0.3, -0.25) is 9.59 Å². The van der Waals surface area contributed by atoms with E-state index in [4.69, 9.17) is 8.83 Å². The van der Waals surface area contributed by atoms with E-state index in [1.165, 1.54) is 51.4 Å². The quantitative estimate of drug-likeness (QED) is 0.0638. The van der Waals surface area contributed by atoms with Crippen molar-refractivity contribution in [1.82, 2.24) is 9.13 Å². The van der Waals surface area contributed by atoms with Crippen LogP contribution in [0.3, 0.4) is 0 Å². The number of furan rings is 2. The molecular formula is C56H56N2O4. The first-order valence-corrected chi connectivity index (χ1v) is 22.9. The van der Waals surface area contributed by atoms with Gasteiger partial charge in [-0.25, -0.2) is 0 Å². The van der Waals surface area contributed by atoms with Crippen molar-refractivity contribution in [2.24, 2.45) is 0 Å². The SMILES string of the molecule is CCCCCCCCn1c2ccc(-c3ccc(-c4ccccc4)o3)cc2c(=O)c2cc3c(cc21)c(=O)c1cc(-c2ccc(-c4ccccc4)o2)ccc1n3CCCCCCCC. The van der Waals surface area contributed by atoms with Crippen LogP contribution in [0.1, 0.15) is 90.9 Å². The molecular weight excluding hydrogens is 765 g/mol. The molecule has 9 aromatic rings. The number of aryl methyl sites for hydroxylation is 2. The molecule has 0 aliphatic carbocycles. The molecule has 9 rings (SSSR count). The standard InChI is InChI=1S/C56H56N2O4/c1-3-5-7-9-11-19-33-57-47-27-25-41(53-31-29-51(61-53)39-21-15-13-16-22-39)35-43(47)55(59)45-38-50-46(37-49(45)57)56(60)44-36-42(54-32-30-52(62-54)40-23-17-14-18-24-40)26-28-48(44)58(50)34-20-12-10-8-6-4-2/h13-18,21-32,35-38H,3-12,19-20,33-34H2,1-2H3. The van der Waals surface area contributed by atoms with Gasteiger partial charge in [0, 0.05) is 56.9 Å². The van der Waals surface area contributed by atoms with E-state index in [9.17, 15) is 9.59 Å². The van der Waals surface area contributed by atoms with Crippen molar-refractivity contribution in [3.63, 3.8) is 0 Å². The lowest BCUT2D eigenvalue weighted by atomic mass is 10.0. The zero-order valence-electron chi connectivity index (χ0n) is 36.1. The zero-order valence-corrected chi connectivity index (χ0v) is 36.1. The van der Waals surface area contributed by atoms with Crippen LogP contribution in [0.2, 0.25) is 0 Å². The van der Waals surface area contributed by atoms with E-state index >= 15 is 0 Å². The van der Waals surface area contributed by atoms with Crippen LogP contribution in [-0.2, 0) is 13.1 Å². The van der Waals surface area contributed by atoms with E-state index in [-0.39, 0.29) is 10.9 Å². The number of benzene rings is 5. The van der Waals surface area contributed by atoms with Crippen LogP contribution in [-0.4, -0.2) is 9.13 Å². The Morgan fingerprint density at radius 2 is 0.710 bits per heavy atom. The zero-order chi connectivity index (χ0) is 42.4. The Morgan fingerprint density at radius 3 is 1.11 bits per heavy atom. The summed E-state index contributed by atoms with van der Waals surface area (Å²) in [4.78, 5) is 29.9. The fraction of sp³-hybridized carbons (Fsp3) is 0.286. The summed E-state index contributed by atoms with van der Waals surface area (Å²) in [6.45, 7) is 5.98. The van der Waals surface area contributed by atoms with Crippen molar-refractivity contribution in [3.05, 3.63) is 154 Å². The van der Waals surface area contributed by atoms with E-state index in [1.54, 1.807) is 0 Å². The Bertz CT molecular complexity index is 2880. The van der Waals surface area contributed by atoms with E-state index in [1.807, 2.05) is 109 Å². The fourth-order valence-corrected chi connectivity index (χ4v) is 9.23. The molecule has 0 aliphatic rings. The molecule has 0 amide bonds. The lowest BCUT2D eigenvalue weighted by Crippen LogP contribution is -2.16. The molecule has 0 aliphatic heterocycles.